The third-order valence-corrected chi connectivity index (χ3v) is 3.34. The number of amides is 1. The average molecular weight is 299 g/mol. The molecule has 0 saturated carbocycles. The second kappa shape index (κ2) is 6.82. The van der Waals surface area contributed by atoms with E-state index in [9.17, 15) is 13.6 Å². The molecule has 7 heteroatoms. The molecule has 1 atom stereocenters. The third kappa shape index (κ3) is 4.37. The van der Waals surface area contributed by atoms with Crippen LogP contribution in [0.25, 0.3) is 0 Å². The molecule has 0 aliphatic carbocycles. The zero-order valence-corrected chi connectivity index (χ0v) is 12.1. The van der Waals surface area contributed by atoms with Gasteiger partial charge in [0.15, 0.2) is 17.7 Å². The standard InChI is InChI=1S/C14H19F2N3O2/c1-10(21-13-4-3-11(15)9-12(13)16)14(20)17-19-7-5-18(2)6-8-19/h3-4,9-10H,5-8H2,1-2H3,(H,17,20). The zero-order valence-electron chi connectivity index (χ0n) is 12.1. The van der Waals surface area contributed by atoms with Crippen LogP contribution in [0.4, 0.5) is 8.78 Å². The number of nitrogens with one attached hydrogen (secondary N) is 1. The number of halogens is 2. The van der Waals surface area contributed by atoms with Crippen molar-refractivity contribution >= 4 is 5.91 Å². The fraction of sp³-hybridized carbons (Fsp3) is 0.500. The fourth-order valence-electron chi connectivity index (χ4n) is 1.98. The Balaban J connectivity index is 1.87. The average Bonchev–Trinajstić information content (AvgIpc) is 2.44. The van der Waals surface area contributed by atoms with Crippen molar-refractivity contribution in [2.24, 2.45) is 0 Å². The summed E-state index contributed by atoms with van der Waals surface area (Å²) in [6.07, 6.45) is -0.871. The SMILES string of the molecule is CC(Oc1ccc(F)cc1F)C(=O)NN1CCN(C)CC1. The lowest BCUT2D eigenvalue weighted by atomic mass is 10.3. The summed E-state index contributed by atoms with van der Waals surface area (Å²) in [6.45, 7) is 4.69. The molecular formula is C14H19F2N3O2. The third-order valence-electron chi connectivity index (χ3n) is 3.34. The Morgan fingerprint density at radius 2 is 1.95 bits per heavy atom. The van der Waals surface area contributed by atoms with Gasteiger partial charge >= 0.3 is 0 Å². The molecule has 1 N–H and O–H groups in total. The number of hydrazine groups is 1. The number of benzene rings is 1. The van der Waals surface area contributed by atoms with E-state index in [1.165, 1.54) is 13.0 Å². The maximum atomic E-state index is 13.5. The molecule has 1 aromatic carbocycles. The lowest BCUT2D eigenvalue weighted by molar-refractivity contribution is -0.133. The zero-order chi connectivity index (χ0) is 15.4. The summed E-state index contributed by atoms with van der Waals surface area (Å²) in [5.41, 5.74) is 2.74. The number of nitrogens with zero attached hydrogens (tertiary/aromatic N) is 2. The predicted octanol–water partition coefficient (Wildman–Crippen LogP) is 1.01. The molecule has 21 heavy (non-hydrogen) atoms. The van der Waals surface area contributed by atoms with Crippen LogP contribution in [-0.4, -0.2) is 55.1 Å². The summed E-state index contributed by atoms with van der Waals surface area (Å²) in [7, 11) is 2.02. The first kappa shape index (κ1) is 15.7. The molecule has 1 heterocycles. The monoisotopic (exact) mass is 299 g/mol. The van der Waals surface area contributed by atoms with Crippen molar-refractivity contribution in [3.8, 4) is 5.75 Å². The minimum absolute atomic E-state index is 0.141. The van der Waals surface area contributed by atoms with Crippen molar-refractivity contribution in [3.05, 3.63) is 29.8 Å². The molecule has 116 valence electrons. The van der Waals surface area contributed by atoms with Crippen molar-refractivity contribution in [1.82, 2.24) is 15.3 Å². The van der Waals surface area contributed by atoms with E-state index >= 15 is 0 Å². The molecular weight excluding hydrogens is 280 g/mol. The van der Waals surface area contributed by atoms with Crippen molar-refractivity contribution < 1.29 is 18.3 Å². The number of carbonyl (C=O) groups excluding carboxylic acids is 1. The highest BCUT2D eigenvalue weighted by atomic mass is 19.1. The Labute approximate surface area is 122 Å². The minimum atomic E-state index is -0.871. The summed E-state index contributed by atoms with van der Waals surface area (Å²) < 4.78 is 31.5. The van der Waals surface area contributed by atoms with Gasteiger partial charge in [-0.2, -0.15) is 0 Å². The maximum absolute atomic E-state index is 13.5. The summed E-state index contributed by atoms with van der Waals surface area (Å²) >= 11 is 0. The highest BCUT2D eigenvalue weighted by Crippen LogP contribution is 2.19. The summed E-state index contributed by atoms with van der Waals surface area (Å²) in [4.78, 5) is 14.2. The Bertz CT molecular complexity index is 505. The van der Waals surface area contributed by atoms with Crippen LogP contribution in [0.15, 0.2) is 18.2 Å². The molecule has 1 fully saturated rings. The molecule has 1 aromatic rings. The van der Waals surface area contributed by atoms with Gasteiger partial charge in [0.05, 0.1) is 0 Å². The number of rotatable bonds is 4. The van der Waals surface area contributed by atoms with E-state index in [-0.39, 0.29) is 11.7 Å². The van der Waals surface area contributed by atoms with Gasteiger partial charge in [-0.3, -0.25) is 10.2 Å². The normalized spacial score (nSPS) is 18.3. The lowest BCUT2D eigenvalue weighted by Crippen LogP contribution is -2.54. The van der Waals surface area contributed by atoms with Gasteiger partial charge < -0.3 is 9.64 Å². The molecule has 2 rings (SSSR count). The van der Waals surface area contributed by atoms with Crippen molar-refractivity contribution in [3.63, 3.8) is 0 Å². The Kier molecular flexibility index (Phi) is 5.08. The first-order valence-corrected chi connectivity index (χ1v) is 6.81. The van der Waals surface area contributed by atoms with Crippen LogP contribution in [0.2, 0.25) is 0 Å². The smallest absolute Gasteiger partial charge is 0.275 e. The molecule has 0 bridgehead atoms. The van der Waals surface area contributed by atoms with Gasteiger partial charge in [-0.15, -0.1) is 0 Å². The van der Waals surface area contributed by atoms with Crippen molar-refractivity contribution in [2.45, 2.75) is 13.0 Å². The van der Waals surface area contributed by atoms with Gasteiger partial charge in [-0.1, -0.05) is 0 Å². The van der Waals surface area contributed by atoms with Crippen LogP contribution in [-0.2, 0) is 4.79 Å². The van der Waals surface area contributed by atoms with Gasteiger partial charge in [0.1, 0.15) is 5.82 Å². The largest absolute Gasteiger partial charge is 0.478 e. The molecule has 0 aromatic heterocycles. The first-order valence-electron chi connectivity index (χ1n) is 6.81. The van der Waals surface area contributed by atoms with Crippen LogP contribution in [0.3, 0.4) is 0 Å². The minimum Gasteiger partial charge on any atom is -0.478 e. The van der Waals surface area contributed by atoms with Gasteiger partial charge in [0, 0.05) is 32.2 Å². The van der Waals surface area contributed by atoms with Crippen LogP contribution >= 0.6 is 0 Å². The quantitative estimate of drug-likeness (QED) is 0.901. The van der Waals surface area contributed by atoms with Gasteiger partial charge in [0.2, 0.25) is 0 Å². The highest BCUT2D eigenvalue weighted by Gasteiger charge is 2.21. The van der Waals surface area contributed by atoms with Gasteiger partial charge in [-0.05, 0) is 26.1 Å². The van der Waals surface area contributed by atoms with E-state index in [0.29, 0.717) is 0 Å². The lowest BCUT2D eigenvalue weighted by Gasteiger charge is -2.33. The second-order valence-electron chi connectivity index (χ2n) is 5.10. The Morgan fingerprint density at radius 1 is 1.29 bits per heavy atom. The molecule has 1 saturated heterocycles. The molecule has 1 aliphatic rings. The molecule has 1 unspecified atom stereocenters. The predicted molar refractivity (Wildman–Crippen MR) is 73.7 cm³/mol. The van der Waals surface area contributed by atoms with E-state index in [0.717, 1.165) is 38.3 Å². The number of hydrogen-bond acceptors (Lipinski definition) is 4. The molecule has 0 spiro atoms. The number of piperazine rings is 1. The summed E-state index contributed by atoms with van der Waals surface area (Å²) in [5.74, 6) is -2.01. The number of likely N-dealkylation sites (N-methyl/N-ethyl adjacent to an activating group) is 1. The van der Waals surface area contributed by atoms with Gasteiger partial charge in [-0.25, -0.2) is 13.8 Å². The van der Waals surface area contributed by atoms with E-state index in [1.807, 2.05) is 12.1 Å². The molecule has 0 radical (unpaired) electrons. The van der Waals surface area contributed by atoms with E-state index in [4.69, 9.17) is 4.74 Å². The molecule has 1 amide bonds. The van der Waals surface area contributed by atoms with E-state index in [2.05, 4.69) is 10.3 Å². The Hall–Kier alpha value is -1.73. The fourth-order valence-corrected chi connectivity index (χ4v) is 1.98. The highest BCUT2D eigenvalue weighted by molar-refractivity contribution is 5.80. The van der Waals surface area contributed by atoms with Crippen LogP contribution in [0.1, 0.15) is 6.92 Å². The second-order valence-corrected chi connectivity index (χ2v) is 5.10. The topological polar surface area (TPSA) is 44.8 Å². The van der Waals surface area contributed by atoms with Crippen molar-refractivity contribution in [2.75, 3.05) is 33.2 Å². The van der Waals surface area contributed by atoms with Crippen LogP contribution in [0, 0.1) is 11.6 Å². The molecule has 5 nitrogen and oxygen atoms in total. The van der Waals surface area contributed by atoms with Crippen molar-refractivity contribution in [1.29, 1.82) is 0 Å². The van der Waals surface area contributed by atoms with Crippen LogP contribution in [0.5, 0.6) is 5.75 Å². The summed E-state index contributed by atoms with van der Waals surface area (Å²) in [6, 6.07) is 2.98. The maximum Gasteiger partial charge on any atom is 0.275 e. The first-order chi connectivity index (χ1) is 9.95. The summed E-state index contributed by atoms with van der Waals surface area (Å²) in [5, 5.41) is 1.81. The number of hydrogen-bond donors (Lipinski definition) is 1. The number of carbonyl (C=O) groups is 1. The van der Waals surface area contributed by atoms with E-state index < -0.39 is 17.7 Å². The number of ether oxygens (including phenoxy) is 1. The van der Waals surface area contributed by atoms with Crippen LogP contribution < -0.4 is 10.2 Å². The molecule has 1 aliphatic heterocycles. The Morgan fingerprint density at radius 3 is 2.57 bits per heavy atom. The van der Waals surface area contributed by atoms with E-state index in [1.54, 1.807) is 0 Å². The van der Waals surface area contributed by atoms with Gasteiger partial charge in [0.25, 0.3) is 5.91 Å².